The van der Waals surface area contributed by atoms with Gasteiger partial charge in [0.1, 0.15) is 46.0 Å². The van der Waals surface area contributed by atoms with Crippen molar-refractivity contribution in [1.29, 1.82) is 0 Å². The quantitative estimate of drug-likeness (QED) is 0.103. The average molecular weight is 1040 g/mol. The Morgan fingerprint density at radius 1 is 0.278 bits per heavy atom. The monoisotopic (exact) mass is 1040 g/mol. The molecule has 0 unspecified atom stereocenters. The van der Waals surface area contributed by atoms with E-state index in [1.165, 1.54) is 12.1 Å². The maximum atomic E-state index is 12.0. The van der Waals surface area contributed by atoms with Crippen LogP contribution >= 0.6 is 0 Å². The van der Waals surface area contributed by atoms with Crippen molar-refractivity contribution < 1.29 is 38.3 Å². The number of hydrogen-bond donors (Lipinski definition) is 1. The number of methoxy groups -OCH3 is 4. The summed E-state index contributed by atoms with van der Waals surface area (Å²) >= 11 is 0. The Labute approximate surface area is 453 Å². The standard InChI is InChI=1S/C65H46N6O8/c1-74-45-18-5-38(6-19-45)59-63(40-9-22-47(76-3)23-10-40)70-57-36-51(30-33-54(57)67-59)78-49-26-13-42(14-27-49)61-62(69-56-35-44(65(72)73)17-32-53(56)66-61)43-15-28-50(29-16-43)79-52-31-34-55-58(37-52)71-64(41-11-24-48(77-4)25-12-41)60(68-55)39-7-20-46(75-2)21-8-39/h5-37H,1-4H3,(H,72,73). The molecule has 0 aliphatic carbocycles. The van der Waals surface area contributed by atoms with Gasteiger partial charge in [-0.2, -0.15) is 0 Å². The summed E-state index contributed by atoms with van der Waals surface area (Å²) in [6.07, 6.45) is 0. The Balaban J connectivity index is 0.836. The van der Waals surface area contributed by atoms with Gasteiger partial charge in [0.05, 0.1) is 101 Å². The third-order valence-electron chi connectivity index (χ3n) is 13.4. The lowest BCUT2D eigenvalue weighted by Gasteiger charge is -2.14. The number of carbonyl (C=O) groups is 1. The summed E-state index contributed by atoms with van der Waals surface area (Å²) in [5, 5.41) is 9.86. The van der Waals surface area contributed by atoms with Crippen molar-refractivity contribution in [2.75, 3.05) is 28.4 Å². The van der Waals surface area contributed by atoms with Gasteiger partial charge in [-0.3, -0.25) is 0 Å². The number of hydrogen-bond acceptors (Lipinski definition) is 13. The third-order valence-corrected chi connectivity index (χ3v) is 13.4. The molecule has 0 amide bonds. The number of fused-ring (bicyclic) bond motifs is 3. The van der Waals surface area contributed by atoms with Crippen molar-refractivity contribution in [3.63, 3.8) is 0 Å². The first-order valence-electron chi connectivity index (χ1n) is 25.0. The highest BCUT2D eigenvalue weighted by atomic mass is 16.5. The molecule has 3 aromatic heterocycles. The fourth-order valence-electron chi connectivity index (χ4n) is 9.22. The van der Waals surface area contributed by atoms with E-state index in [0.29, 0.717) is 78.9 Å². The van der Waals surface area contributed by atoms with Crippen LogP contribution in [-0.4, -0.2) is 69.4 Å². The van der Waals surface area contributed by atoms with Gasteiger partial charge in [0, 0.05) is 45.5 Å². The van der Waals surface area contributed by atoms with E-state index in [0.717, 1.165) is 67.8 Å². The van der Waals surface area contributed by atoms with Crippen molar-refractivity contribution in [3.05, 3.63) is 206 Å². The maximum Gasteiger partial charge on any atom is 0.335 e. The number of carboxylic acid groups (broad SMARTS) is 1. The molecule has 384 valence electrons. The van der Waals surface area contributed by atoms with E-state index in [9.17, 15) is 9.90 Å². The molecule has 0 radical (unpaired) electrons. The molecule has 12 rings (SSSR count). The van der Waals surface area contributed by atoms with E-state index in [1.54, 1.807) is 34.5 Å². The first-order valence-corrected chi connectivity index (χ1v) is 25.0. The van der Waals surface area contributed by atoms with Crippen LogP contribution in [-0.2, 0) is 0 Å². The second-order valence-corrected chi connectivity index (χ2v) is 18.2. The van der Waals surface area contributed by atoms with Crippen molar-refractivity contribution in [2.24, 2.45) is 0 Å². The van der Waals surface area contributed by atoms with E-state index in [1.807, 2.05) is 182 Å². The van der Waals surface area contributed by atoms with Gasteiger partial charge >= 0.3 is 5.97 Å². The number of benzene rings is 9. The minimum absolute atomic E-state index is 0.105. The first kappa shape index (κ1) is 49.2. The molecule has 0 spiro atoms. The van der Waals surface area contributed by atoms with Crippen LogP contribution in [0.15, 0.2) is 200 Å². The zero-order chi connectivity index (χ0) is 54.0. The minimum Gasteiger partial charge on any atom is -0.497 e. The summed E-state index contributed by atoms with van der Waals surface area (Å²) in [5.74, 6) is 4.19. The first-order chi connectivity index (χ1) is 38.7. The van der Waals surface area contributed by atoms with E-state index >= 15 is 0 Å². The summed E-state index contributed by atoms with van der Waals surface area (Å²) in [6.45, 7) is 0. The number of nitrogens with zero attached hydrogens (tertiary/aromatic N) is 6. The fourth-order valence-corrected chi connectivity index (χ4v) is 9.22. The highest BCUT2D eigenvalue weighted by Gasteiger charge is 2.19. The second-order valence-electron chi connectivity index (χ2n) is 18.2. The van der Waals surface area contributed by atoms with Gasteiger partial charge in [0.25, 0.3) is 0 Å². The van der Waals surface area contributed by atoms with Crippen LogP contribution in [0.1, 0.15) is 10.4 Å². The lowest BCUT2D eigenvalue weighted by molar-refractivity contribution is 0.0697. The largest absolute Gasteiger partial charge is 0.497 e. The van der Waals surface area contributed by atoms with Crippen molar-refractivity contribution >= 4 is 39.1 Å². The van der Waals surface area contributed by atoms with E-state index in [4.69, 9.17) is 58.3 Å². The van der Waals surface area contributed by atoms with Crippen molar-refractivity contribution in [3.8, 4) is 114 Å². The van der Waals surface area contributed by atoms with Gasteiger partial charge in [0.15, 0.2) is 0 Å². The molecular weight excluding hydrogens is 993 g/mol. The Kier molecular flexibility index (Phi) is 13.1. The number of ether oxygens (including phenoxy) is 6. The molecule has 1 N–H and O–H groups in total. The number of aromatic nitrogens is 6. The summed E-state index contributed by atoms with van der Waals surface area (Å²) < 4.78 is 34.6. The Bertz CT molecular complexity index is 4240. The fraction of sp³-hybridized carbons (Fsp3) is 0.0615. The van der Waals surface area contributed by atoms with Crippen LogP contribution in [0.5, 0.6) is 46.0 Å². The van der Waals surface area contributed by atoms with Gasteiger partial charge in [0.2, 0.25) is 0 Å². The lowest BCUT2D eigenvalue weighted by atomic mass is 10.0. The molecule has 0 saturated heterocycles. The van der Waals surface area contributed by atoms with Gasteiger partial charge in [-0.05, 0) is 188 Å². The molecule has 14 nitrogen and oxygen atoms in total. The molecule has 12 aromatic rings. The Morgan fingerprint density at radius 2 is 0.506 bits per heavy atom. The predicted octanol–water partition coefficient (Wildman–Crippen LogP) is 14.8. The number of aromatic carboxylic acids is 1. The SMILES string of the molecule is COc1ccc(-c2nc3ccc(Oc4ccc(-c5nc6ccc(C(=O)O)cc6nc5-c5ccc(Oc6ccc7nc(-c8ccc(OC)cc8)c(-c8ccc(OC)cc8)nc7c6)cc5)cc4)cc3nc2-c2ccc(OC)cc2)cc1. The minimum atomic E-state index is -1.06. The summed E-state index contributed by atoms with van der Waals surface area (Å²) in [5.41, 5.74) is 12.8. The molecular formula is C65H46N6O8. The van der Waals surface area contributed by atoms with Crippen LogP contribution in [0, 0.1) is 0 Å². The molecule has 0 atom stereocenters. The summed E-state index contributed by atoms with van der Waals surface area (Å²) in [7, 11) is 6.55. The van der Waals surface area contributed by atoms with Gasteiger partial charge in [-0.25, -0.2) is 34.7 Å². The summed E-state index contributed by atoms with van der Waals surface area (Å²) in [6, 6.07) is 62.1. The van der Waals surface area contributed by atoms with Crippen LogP contribution < -0.4 is 28.4 Å². The molecule has 0 fully saturated rings. The van der Waals surface area contributed by atoms with Crippen LogP contribution in [0.4, 0.5) is 0 Å². The predicted molar refractivity (Wildman–Crippen MR) is 305 cm³/mol. The molecule has 9 aromatic carbocycles. The van der Waals surface area contributed by atoms with Crippen LogP contribution in [0.2, 0.25) is 0 Å². The van der Waals surface area contributed by atoms with Crippen LogP contribution in [0.25, 0.3) is 101 Å². The average Bonchev–Trinajstić information content (AvgIpc) is 3.59. The lowest BCUT2D eigenvalue weighted by Crippen LogP contribution is -1.99. The molecule has 0 aliphatic rings. The van der Waals surface area contributed by atoms with Gasteiger partial charge in [-0.15, -0.1) is 0 Å². The van der Waals surface area contributed by atoms with Crippen LogP contribution in [0.3, 0.4) is 0 Å². The third kappa shape index (κ3) is 10.1. The molecule has 0 aliphatic heterocycles. The molecule has 3 heterocycles. The van der Waals surface area contributed by atoms with Crippen molar-refractivity contribution in [1.82, 2.24) is 29.9 Å². The maximum absolute atomic E-state index is 12.0. The zero-order valence-corrected chi connectivity index (χ0v) is 43.0. The van der Waals surface area contributed by atoms with Gasteiger partial charge < -0.3 is 33.5 Å². The molecule has 14 heteroatoms. The molecule has 0 saturated carbocycles. The Morgan fingerprint density at radius 3 is 0.772 bits per heavy atom. The second kappa shape index (κ2) is 21.1. The molecule has 79 heavy (non-hydrogen) atoms. The zero-order valence-electron chi connectivity index (χ0n) is 43.0. The van der Waals surface area contributed by atoms with E-state index < -0.39 is 5.97 Å². The highest BCUT2D eigenvalue weighted by molar-refractivity contribution is 5.94. The topological polar surface area (TPSA) is 170 Å². The normalized spacial score (nSPS) is 11.1. The Hall–Kier alpha value is -10.7. The highest BCUT2D eigenvalue weighted by Crippen LogP contribution is 2.39. The number of carboxylic acids is 1. The van der Waals surface area contributed by atoms with E-state index in [2.05, 4.69) is 0 Å². The number of rotatable bonds is 15. The smallest absolute Gasteiger partial charge is 0.335 e. The van der Waals surface area contributed by atoms with Crippen molar-refractivity contribution in [2.45, 2.75) is 0 Å². The van der Waals surface area contributed by atoms with E-state index in [-0.39, 0.29) is 5.56 Å². The summed E-state index contributed by atoms with van der Waals surface area (Å²) in [4.78, 5) is 42.6. The van der Waals surface area contributed by atoms with Gasteiger partial charge in [-0.1, -0.05) is 0 Å². The molecule has 0 bridgehead atoms.